The van der Waals surface area contributed by atoms with Crippen LogP contribution in [0.1, 0.15) is 15.9 Å². The van der Waals surface area contributed by atoms with Crippen LogP contribution in [0.2, 0.25) is 0 Å². The number of carbonyl (C=O) groups excluding carboxylic acids is 1. The van der Waals surface area contributed by atoms with Gasteiger partial charge in [-0.15, -0.1) is 0 Å². The smallest absolute Gasteiger partial charge is 0.189 e. The first-order chi connectivity index (χ1) is 12.1. The van der Waals surface area contributed by atoms with Crippen molar-refractivity contribution in [2.45, 2.75) is 0 Å². The molecule has 0 saturated heterocycles. The topological polar surface area (TPSA) is 55.8 Å². The lowest BCUT2D eigenvalue weighted by Gasteiger charge is -2.08. The molecule has 3 aromatic carbocycles. The highest BCUT2D eigenvalue weighted by molar-refractivity contribution is 6.09. The Hall–Kier alpha value is -3.27. The standard InChI is InChI=1S/C21H18O4/c1-24-15-9-11-20(23)18(13-15)19(22)10-7-14-8-12-21(25-2)17-6-4-3-5-16(14)17/h3-13,23H,1-2H3/b10-7+. The zero-order valence-electron chi connectivity index (χ0n) is 14.0. The van der Waals surface area contributed by atoms with E-state index >= 15 is 0 Å². The summed E-state index contributed by atoms with van der Waals surface area (Å²) in [4.78, 5) is 12.4. The Morgan fingerprint density at radius 2 is 1.72 bits per heavy atom. The van der Waals surface area contributed by atoms with Gasteiger partial charge in [0.1, 0.15) is 17.2 Å². The Balaban J connectivity index is 1.97. The van der Waals surface area contributed by atoms with Crippen LogP contribution in [0, 0.1) is 0 Å². The number of benzene rings is 3. The number of rotatable bonds is 5. The molecule has 0 aliphatic carbocycles. The molecule has 0 amide bonds. The van der Waals surface area contributed by atoms with E-state index in [-0.39, 0.29) is 17.1 Å². The molecule has 4 nitrogen and oxygen atoms in total. The molecule has 0 fully saturated rings. The second-order valence-electron chi connectivity index (χ2n) is 5.48. The Labute approximate surface area is 145 Å². The lowest BCUT2D eigenvalue weighted by atomic mass is 10.0. The number of phenolic OH excluding ortho intramolecular Hbond substituents is 1. The Bertz CT molecular complexity index is 957. The molecule has 0 heterocycles. The highest BCUT2D eigenvalue weighted by Gasteiger charge is 2.10. The SMILES string of the molecule is COc1ccc(O)c(C(=O)/C=C/c2ccc(OC)c3ccccc23)c1. The lowest BCUT2D eigenvalue weighted by molar-refractivity contribution is 0.104. The second-order valence-corrected chi connectivity index (χ2v) is 5.48. The summed E-state index contributed by atoms with van der Waals surface area (Å²) in [6.07, 6.45) is 3.19. The molecule has 0 spiro atoms. The highest BCUT2D eigenvalue weighted by Crippen LogP contribution is 2.29. The van der Waals surface area contributed by atoms with Crippen LogP contribution >= 0.6 is 0 Å². The number of ether oxygens (including phenoxy) is 2. The third-order valence-electron chi connectivity index (χ3n) is 4.02. The summed E-state index contributed by atoms with van der Waals surface area (Å²) in [6.45, 7) is 0. The first kappa shape index (κ1) is 16.6. The third kappa shape index (κ3) is 3.33. The van der Waals surface area contributed by atoms with Crippen molar-refractivity contribution in [3.8, 4) is 17.2 Å². The predicted molar refractivity (Wildman–Crippen MR) is 98.5 cm³/mol. The molecule has 0 radical (unpaired) electrons. The van der Waals surface area contributed by atoms with Gasteiger partial charge in [0.25, 0.3) is 0 Å². The van der Waals surface area contributed by atoms with Gasteiger partial charge < -0.3 is 14.6 Å². The highest BCUT2D eigenvalue weighted by atomic mass is 16.5. The van der Waals surface area contributed by atoms with Gasteiger partial charge in [-0.1, -0.05) is 36.4 Å². The van der Waals surface area contributed by atoms with E-state index < -0.39 is 0 Å². The van der Waals surface area contributed by atoms with Gasteiger partial charge in [-0.05, 0) is 41.3 Å². The molecule has 4 heteroatoms. The summed E-state index contributed by atoms with van der Waals surface area (Å²) in [5, 5.41) is 11.9. The van der Waals surface area contributed by atoms with Gasteiger partial charge in [0.15, 0.2) is 5.78 Å². The van der Waals surface area contributed by atoms with Gasteiger partial charge in [0.05, 0.1) is 19.8 Å². The molecule has 0 aliphatic heterocycles. The maximum absolute atomic E-state index is 12.4. The summed E-state index contributed by atoms with van der Waals surface area (Å²) in [5.74, 6) is 0.931. The van der Waals surface area contributed by atoms with Crippen LogP contribution in [0.15, 0.2) is 60.7 Å². The molecule has 0 saturated carbocycles. The fourth-order valence-corrected chi connectivity index (χ4v) is 2.71. The number of ketones is 1. The summed E-state index contributed by atoms with van der Waals surface area (Å²) < 4.78 is 10.5. The molecular formula is C21H18O4. The van der Waals surface area contributed by atoms with Crippen molar-refractivity contribution in [1.82, 2.24) is 0 Å². The fraction of sp³-hybridized carbons (Fsp3) is 0.0952. The van der Waals surface area contributed by atoms with Crippen LogP contribution in [0.4, 0.5) is 0 Å². The van der Waals surface area contributed by atoms with Gasteiger partial charge in [0, 0.05) is 5.39 Å². The van der Waals surface area contributed by atoms with E-state index in [9.17, 15) is 9.90 Å². The third-order valence-corrected chi connectivity index (χ3v) is 4.02. The van der Waals surface area contributed by atoms with Crippen molar-refractivity contribution in [2.24, 2.45) is 0 Å². The number of aromatic hydroxyl groups is 1. The van der Waals surface area contributed by atoms with Crippen molar-refractivity contribution in [3.05, 3.63) is 71.8 Å². The van der Waals surface area contributed by atoms with Gasteiger partial charge >= 0.3 is 0 Å². The van der Waals surface area contributed by atoms with Gasteiger partial charge in [-0.3, -0.25) is 4.79 Å². The van der Waals surface area contributed by atoms with Crippen molar-refractivity contribution in [1.29, 1.82) is 0 Å². The van der Waals surface area contributed by atoms with Crippen molar-refractivity contribution in [2.75, 3.05) is 14.2 Å². The zero-order chi connectivity index (χ0) is 17.8. The predicted octanol–water partition coefficient (Wildman–Crippen LogP) is 4.46. The number of carbonyl (C=O) groups is 1. The molecule has 0 aromatic heterocycles. The number of hydrogen-bond donors (Lipinski definition) is 1. The summed E-state index contributed by atoms with van der Waals surface area (Å²) >= 11 is 0. The maximum Gasteiger partial charge on any atom is 0.189 e. The minimum atomic E-state index is -0.295. The number of hydrogen-bond acceptors (Lipinski definition) is 4. The minimum Gasteiger partial charge on any atom is -0.507 e. The first-order valence-corrected chi connectivity index (χ1v) is 7.79. The quantitative estimate of drug-likeness (QED) is 0.553. The van der Waals surface area contributed by atoms with E-state index in [1.165, 1.54) is 25.3 Å². The van der Waals surface area contributed by atoms with Crippen molar-refractivity contribution in [3.63, 3.8) is 0 Å². The van der Waals surface area contributed by atoms with Gasteiger partial charge in [0.2, 0.25) is 0 Å². The molecule has 0 atom stereocenters. The maximum atomic E-state index is 12.4. The van der Waals surface area contributed by atoms with Crippen LogP contribution in [0.5, 0.6) is 17.2 Å². The van der Waals surface area contributed by atoms with E-state index in [1.807, 2.05) is 36.4 Å². The van der Waals surface area contributed by atoms with Gasteiger partial charge in [-0.25, -0.2) is 0 Å². The zero-order valence-corrected chi connectivity index (χ0v) is 14.0. The monoisotopic (exact) mass is 334 g/mol. The van der Waals surface area contributed by atoms with Gasteiger partial charge in [-0.2, -0.15) is 0 Å². The normalized spacial score (nSPS) is 11.0. The van der Waals surface area contributed by atoms with E-state index in [4.69, 9.17) is 9.47 Å². The number of phenols is 1. The second kappa shape index (κ2) is 7.09. The molecular weight excluding hydrogens is 316 g/mol. The number of fused-ring (bicyclic) bond motifs is 1. The average molecular weight is 334 g/mol. The lowest BCUT2D eigenvalue weighted by Crippen LogP contribution is -1.96. The number of allylic oxidation sites excluding steroid dienone is 1. The van der Waals surface area contributed by atoms with Crippen molar-refractivity contribution < 1.29 is 19.4 Å². The molecule has 0 unspecified atom stereocenters. The fourth-order valence-electron chi connectivity index (χ4n) is 2.71. The van der Waals surface area contributed by atoms with Crippen molar-refractivity contribution >= 4 is 22.6 Å². The van der Waals surface area contributed by atoms with Crippen LogP contribution in [-0.4, -0.2) is 25.1 Å². The van der Waals surface area contributed by atoms with Crippen LogP contribution in [0.25, 0.3) is 16.8 Å². The largest absolute Gasteiger partial charge is 0.507 e. The van der Waals surface area contributed by atoms with Crippen LogP contribution in [-0.2, 0) is 0 Å². The Kier molecular flexibility index (Phi) is 4.70. The van der Waals surface area contributed by atoms with E-state index in [0.29, 0.717) is 5.75 Å². The summed E-state index contributed by atoms with van der Waals surface area (Å²) in [6, 6.07) is 16.2. The molecule has 1 N–H and O–H groups in total. The molecule has 25 heavy (non-hydrogen) atoms. The Morgan fingerprint density at radius 1 is 0.960 bits per heavy atom. The Morgan fingerprint density at radius 3 is 2.44 bits per heavy atom. The van der Waals surface area contributed by atoms with Crippen LogP contribution in [0.3, 0.4) is 0 Å². The number of methoxy groups -OCH3 is 2. The molecule has 0 aliphatic rings. The summed E-state index contributed by atoms with van der Waals surface area (Å²) in [5.41, 5.74) is 1.10. The van der Waals surface area contributed by atoms with E-state index in [0.717, 1.165) is 22.1 Å². The van der Waals surface area contributed by atoms with E-state index in [1.54, 1.807) is 19.3 Å². The molecule has 126 valence electrons. The average Bonchev–Trinajstić information content (AvgIpc) is 2.66. The van der Waals surface area contributed by atoms with Crippen LogP contribution < -0.4 is 9.47 Å². The molecule has 3 rings (SSSR count). The van der Waals surface area contributed by atoms with E-state index in [2.05, 4.69) is 0 Å². The molecule has 0 bridgehead atoms. The summed E-state index contributed by atoms with van der Waals surface area (Å²) in [7, 11) is 3.15. The minimum absolute atomic E-state index is 0.0740. The molecule has 3 aromatic rings. The first-order valence-electron chi connectivity index (χ1n) is 7.79.